The minimum Gasteiger partial charge on any atom is -0.493 e. The van der Waals surface area contributed by atoms with Gasteiger partial charge in [0.25, 0.3) is 0 Å². The number of aliphatic hydroxyl groups is 3. The van der Waals surface area contributed by atoms with Crippen molar-refractivity contribution in [2.24, 2.45) is 0 Å². The number of hydrogen-bond donors (Lipinski definition) is 3. The molecule has 0 aliphatic carbocycles. The second-order valence-corrected chi connectivity index (χ2v) is 8.28. The van der Waals surface area contributed by atoms with Crippen LogP contribution in [-0.4, -0.2) is 84.9 Å². The number of aromatic nitrogens is 1. The summed E-state index contributed by atoms with van der Waals surface area (Å²) in [5.41, 5.74) is 0.688. The van der Waals surface area contributed by atoms with E-state index in [1.807, 2.05) is 0 Å². The molecule has 1 aliphatic rings. The Labute approximate surface area is 211 Å². The Morgan fingerprint density at radius 1 is 1.03 bits per heavy atom. The number of methoxy groups -OCH3 is 3. The first kappa shape index (κ1) is 27.2. The van der Waals surface area contributed by atoms with Crippen molar-refractivity contribution in [3.63, 3.8) is 0 Å². The number of ether oxygens (including phenoxy) is 6. The maximum absolute atomic E-state index is 12.6. The number of halogens is 2. The summed E-state index contributed by atoms with van der Waals surface area (Å²) in [5, 5.41) is 30.3. The van der Waals surface area contributed by atoms with Crippen LogP contribution in [0.3, 0.4) is 0 Å². The first-order valence-corrected chi connectivity index (χ1v) is 11.0. The highest BCUT2D eigenvalue weighted by Gasteiger charge is 2.44. The molecule has 0 unspecified atom stereocenters. The highest BCUT2D eigenvalue weighted by molar-refractivity contribution is 6.32. The maximum atomic E-state index is 12.6. The van der Waals surface area contributed by atoms with Gasteiger partial charge in [0, 0.05) is 18.9 Å². The average molecular weight is 534 g/mol. The van der Waals surface area contributed by atoms with Crippen molar-refractivity contribution in [3.8, 4) is 17.4 Å². The second kappa shape index (κ2) is 12.0. The predicted molar refractivity (Wildman–Crippen MR) is 122 cm³/mol. The smallest absolute Gasteiger partial charge is 0.338 e. The SMILES string of the molecule is COc1cc(C(=O)OC[C@H]2O[C@H](OC)[C@H](O)[C@@H](O)[C@@H]2O)cc(Cl)c1OCc1cnc(OC)c(Cl)c1. The molecule has 3 N–H and O–H groups in total. The molecule has 3 rings (SSSR count). The van der Waals surface area contributed by atoms with Crippen molar-refractivity contribution in [3.05, 3.63) is 45.6 Å². The van der Waals surface area contributed by atoms with E-state index in [9.17, 15) is 20.1 Å². The summed E-state index contributed by atoms with van der Waals surface area (Å²) in [6.07, 6.45) is -5.30. The Kier molecular flexibility index (Phi) is 9.36. The first-order valence-electron chi connectivity index (χ1n) is 10.3. The third-order valence-corrected chi connectivity index (χ3v) is 5.74. The van der Waals surface area contributed by atoms with Gasteiger partial charge in [0.1, 0.15) is 42.7 Å². The summed E-state index contributed by atoms with van der Waals surface area (Å²) >= 11 is 12.4. The lowest BCUT2D eigenvalue weighted by Gasteiger charge is -2.39. The van der Waals surface area contributed by atoms with Gasteiger partial charge in [-0.25, -0.2) is 9.78 Å². The van der Waals surface area contributed by atoms with E-state index in [-0.39, 0.29) is 34.6 Å². The van der Waals surface area contributed by atoms with E-state index >= 15 is 0 Å². The van der Waals surface area contributed by atoms with E-state index in [2.05, 4.69) is 4.98 Å². The van der Waals surface area contributed by atoms with E-state index in [0.717, 1.165) is 0 Å². The Morgan fingerprint density at radius 3 is 2.40 bits per heavy atom. The number of esters is 1. The van der Waals surface area contributed by atoms with Gasteiger partial charge in [-0.05, 0) is 18.2 Å². The van der Waals surface area contributed by atoms with E-state index < -0.39 is 43.3 Å². The molecule has 35 heavy (non-hydrogen) atoms. The minimum absolute atomic E-state index is 0.0440. The molecular weight excluding hydrogens is 509 g/mol. The van der Waals surface area contributed by atoms with Crippen LogP contribution in [0, 0.1) is 0 Å². The minimum atomic E-state index is -1.54. The van der Waals surface area contributed by atoms with Gasteiger partial charge in [-0.15, -0.1) is 0 Å². The van der Waals surface area contributed by atoms with Crippen molar-refractivity contribution in [2.45, 2.75) is 37.3 Å². The van der Waals surface area contributed by atoms with Gasteiger partial charge in [-0.2, -0.15) is 0 Å². The Hall–Kier alpha value is -2.38. The fraction of sp³-hybridized carbons (Fsp3) is 0.455. The topological polar surface area (TPSA) is 146 Å². The fourth-order valence-corrected chi connectivity index (χ4v) is 3.85. The molecule has 2 aromatic rings. The molecule has 0 radical (unpaired) electrons. The van der Waals surface area contributed by atoms with Crippen LogP contribution in [0.2, 0.25) is 10.0 Å². The van der Waals surface area contributed by atoms with Crippen LogP contribution in [0.15, 0.2) is 24.4 Å². The monoisotopic (exact) mass is 533 g/mol. The van der Waals surface area contributed by atoms with E-state index in [0.29, 0.717) is 10.6 Å². The molecule has 2 heterocycles. The molecule has 1 fully saturated rings. The zero-order chi connectivity index (χ0) is 25.7. The quantitative estimate of drug-likeness (QED) is 0.403. The molecule has 13 heteroatoms. The van der Waals surface area contributed by atoms with Crippen molar-refractivity contribution in [1.29, 1.82) is 0 Å². The number of pyridine rings is 1. The normalized spacial score (nSPS) is 24.1. The van der Waals surface area contributed by atoms with Crippen LogP contribution in [0.4, 0.5) is 0 Å². The van der Waals surface area contributed by atoms with Gasteiger partial charge in [0.2, 0.25) is 5.88 Å². The molecule has 0 spiro atoms. The molecule has 1 aromatic heterocycles. The number of hydrogen-bond acceptors (Lipinski definition) is 11. The number of carbonyl (C=O) groups is 1. The van der Waals surface area contributed by atoms with Crippen molar-refractivity contribution in [2.75, 3.05) is 27.9 Å². The van der Waals surface area contributed by atoms with Crippen molar-refractivity contribution >= 4 is 29.2 Å². The fourth-order valence-electron chi connectivity index (χ4n) is 3.32. The van der Waals surface area contributed by atoms with Crippen LogP contribution in [0.5, 0.6) is 17.4 Å². The summed E-state index contributed by atoms with van der Waals surface area (Å²) in [5.74, 6) is -0.163. The highest BCUT2D eigenvalue weighted by atomic mass is 35.5. The first-order chi connectivity index (χ1) is 16.7. The summed E-state index contributed by atoms with van der Waals surface area (Å²) < 4.78 is 31.6. The predicted octanol–water partition coefficient (Wildman–Crippen LogP) is 1.60. The van der Waals surface area contributed by atoms with E-state index in [4.69, 9.17) is 51.6 Å². The Balaban J connectivity index is 1.68. The third-order valence-electron chi connectivity index (χ3n) is 5.19. The molecule has 1 aromatic carbocycles. The van der Waals surface area contributed by atoms with Gasteiger partial charge in [0.15, 0.2) is 17.8 Å². The van der Waals surface area contributed by atoms with E-state index in [1.54, 1.807) is 6.07 Å². The van der Waals surface area contributed by atoms with Gasteiger partial charge < -0.3 is 43.7 Å². The molecule has 5 atom stereocenters. The molecule has 11 nitrogen and oxygen atoms in total. The van der Waals surface area contributed by atoms with Crippen molar-refractivity contribution in [1.82, 2.24) is 4.98 Å². The molecule has 0 amide bonds. The second-order valence-electron chi connectivity index (χ2n) is 7.46. The van der Waals surface area contributed by atoms with Gasteiger partial charge in [-0.3, -0.25) is 0 Å². The lowest BCUT2D eigenvalue weighted by molar-refractivity contribution is -0.294. The van der Waals surface area contributed by atoms with Crippen LogP contribution in [0.1, 0.15) is 15.9 Å². The van der Waals surface area contributed by atoms with Crippen LogP contribution < -0.4 is 14.2 Å². The highest BCUT2D eigenvalue weighted by Crippen LogP contribution is 2.37. The van der Waals surface area contributed by atoms with Gasteiger partial charge in [0.05, 0.1) is 24.8 Å². The zero-order valence-electron chi connectivity index (χ0n) is 19.0. The van der Waals surface area contributed by atoms with Crippen LogP contribution in [-0.2, 0) is 20.8 Å². The molecule has 0 saturated carbocycles. The molecular formula is C22H25Cl2NO10. The number of nitrogens with zero attached hydrogens (tertiary/aromatic N) is 1. The van der Waals surface area contributed by atoms with Crippen LogP contribution >= 0.6 is 23.2 Å². The molecule has 192 valence electrons. The molecule has 1 aliphatic heterocycles. The van der Waals surface area contributed by atoms with Crippen molar-refractivity contribution < 1.29 is 48.5 Å². The standard InChI is InChI=1S/C22H25Cl2NO10/c1-30-14-6-11(21(29)34-9-15-16(26)17(27)18(28)22(32-3)35-15)5-12(23)19(14)33-8-10-4-13(24)20(31-2)25-7-10/h4-7,15-18,22,26-28H,8-9H2,1-3H3/t15-,16-,17+,18-,22+/m1/s1. The van der Waals surface area contributed by atoms with E-state index in [1.165, 1.54) is 39.7 Å². The summed E-state index contributed by atoms with van der Waals surface area (Å²) in [4.78, 5) is 16.7. The zero-order valence-corrected chi connectivity index (χ0v) is 20.5. The van der Waals surface area contributed by atoms with Gasteiger partial charge >= 0.3 is 5.97 Å². The lowest BCUT2D eigenvalue weighted by Crippen LogP contribution is -2.59. The number of carbonyl (C=O) groups excluding carboxylic acids is 1. The van der Waals surface area contributed by atoms with Gasteiger partial charge in [-0.1, -0.05) is 23.2 Å². The summed E-state index contributed by atoms with van der Waals surface area (Å²) in [6.45, 7) is -0.366. The molecule has 1 saturated heterocycles. The Bertz CT molecular complexity index is 1040. The summed E-state index contributed by atoms with van der Waals surface area (Å²) in [7, 11) is 4.10. The number of aliphatic hydroxyl groups excluding tert-OH is 3. The lowest BCUT2D eigenvalue weighted by atomic mass is 9.99. The maximum Gasteiger partial charge on any atom is 0.338 e. The number of rotatable bonds is 9. The largest absolute Gasteiger partial charge is 0.493 e. The Morgan fingerprint density at radius 2 is 1.77 bits per heavy atom. The molecule has 0 bridgehead atoms. The number of benzene rings is 1. The average Bonchev–Trinajstić information content (AvgIpc) is 2.85. The van der Waals surface area contributed by atoms with Crippen LogP contribution in [0.25, 0.3) is 0 Å². The third kappa shape index (κ3) is 6.25. The summed E-state index contributed by atoms with van der Waals surface area (Å²) in [6, 6.07) is 4.33.